The number of methoxy groups -OCH3 is 1. The molecule has 1 fully saturated rings. The zero-order valence-corrected chi connectivity index (χ0v) is 20.0. The van der Waals surface area contributed by atoms with E-state index in [0.29, 0.717) is 36.5 Å². The van der Waals surface area contributed by atoms with Crippen LogP contribution in [0.2, 0.25) is 0 Å². The Morgan fingerprint density at radius 2 is 1.94 bits per heavy atom. The van der Waals surface area contributed by atoms with Crippen LogP contribution in [0.4, 0.5) is 0 Å². The van der Waals surface area contributed by atoms with Crippen LogP contribution >= 0.6 is 0 Å². The molecule has 0 atom stereocenters. The Balaban J connectivity index is 1.59. The third-order valence-electron chi connectivity index (χ3n) is 6.25. The maximum absolute atomic E-state index is 10.7. The van der Waals surface area contributed by atoms with E-state index in [1.807, 2.05) is 31.2 Å². The molecule has 8 nitrogen and oxygen atoms in total. The second-order valence-corrected chi connectivity index (χ2v) is 8.71. The van der Waals surface area contributed by atoms with Gasteiger partial charge in [0.05, 0.1) is 13.7 Å². The maximum atomic E-state index is 10.7. The highest BCUT2D eigenvalue weighted by atomic mass is 16.5. The average molecular weight is 466 g/mol. The molecule has 0 bridgehead atoms. The topological polar surface area (TPSA) is 108 Å². The van der Waals surface area contributed by atoms with Gasteiger partial charge in [-0.2, -0.15) is 4.98 Å². The van der Waals surface area contributed by atoms with Crippen LogP contribution in [0, 0.1) is 6.92 Å². The predicted octanol–water partition coefficient (Wildman–Crippen LogP) is 5.58. The van der Waals surface area contributed by atoms with Crippen molar-refractivity contribution < 1.29 is 23.9 Å². The summed E-state index contributed by atoms with van der Waals surface area (Å²) in [4.78, 5) is 20.1. The van der Waals surface area contributed by atoms with Gasteiger partial charge in [0.15, 0.2) is 0 Å². The molecule has 180 valence electrons. The molecule has 4 rings (SSSR count). The average Bonchev–Trinajstić information content (AvgIpc) is 3.54. The predicted molar refractivity (Wildman–Crippen MR) is 127 cm³/mol. The van der Waals surface area contributed by atoms with Crippen molar-refractivity contribution in [1.29, 1.82) is 0 Å². The molecule has 2 heterocycles. The number of aryl methyl sites for hydroxylation is 2. The summed E-state index contributed by atoms with van der Waals surface area (Å²) >= 11 is 0. The van der Waals surface area contributed by atoms with Crippen molar-refractivity contribution in [2.75, 3.05) is 13.7 Å². The lowest BCUT2D eigenvalue weighted by Crippen LogP contribution is -2.05. The molecule has 0 spiro atoms. The fourth-order valence-corrected chi connectivity index (χ4v) is 4.49. The standard InChI is InChI=1S/C26H31N3O5/c1-4-17-13-20(12-16(2)24(17)33-11-7-10-23(30)31)26-28-25(29-34-26)19-14-21(18-8-5-6-9-18)27-22(15-19)32-3/h12-15,18H,4-11H2,1-3H3,(H,30,31). The van der Waals surface area contributed by atoms with E-state index >= 15 is 0 Å². The number of carboxylic acids is 1. The summed E-state index contributed by atoms with van der Waals surface area (Å²) in [7, 11) is 1.62. The molecule has 2 aromatic heterocycles. The van der Waals surface area contributed by atoms with Gasteiger partial charge in [0.1, 0.15) is 5.75 Å². The molecule has 8 heteroatoms. The number of carboxylic acid groups (broad SMARTS) is 1. The Labute approximate surface area is 199 Å². The molecule has 0 aliphatic heterocycles. The summed E-state index contributed by atoms with van der Waals surface area (Å²) in [5.74, 6) is 1.90. The van der Waals surface area contributed by atoms with Gasteiger partial charge in [-0.1, -0.05) is 24.9 Å². The molecule has 1 aliphatic carbocycles. The minimum Gasteiger partial charge on any atom is -0.493 e. The molecule has 1 aliphatic rings. The maximum Gasteiger partial charge on any atom is 0.303 e. The summed E-state index contributed by atoms with van der Waals surface area (Å²) < 4.78 is 17.0. The van der Waals surface area contributed by atoms with Gasteiger partial charge in [0.2, 0.25) is 11.7 Å². The van der Waals surface area contributed by atoms with Gasteiger partial charge in [0, 0.05) is 35.2 Å². The Morgan fingerprint density at radius 1 is 1.15 bits per heavy atom. The molecule has 1 aromatic carbocycles. The number of hydrogen-bond acceptors (Lipinski definition) is 7. The molecule has 3 aromatic rings. The third-order valence-corrected chi connectivity index (χ3v) is 6.25. The number of nitrogens with zero attached hydrogens (tertiary/aromatic N) is 3. The molecule has 0 unspecified atom stereocenters. The molecular formula is C26H31N3O5. The van der Waals surface area contributed by atoms with Gasteiger partial charge < -0.3 is 19.1 Å². The monoisotopic (exact) mass is 465 g/mol. The highest BCUT2D eigenvalue weighted by molar-refractivity contribution is 5.66. The van der Waals surface area contributed by atoms with Crippen molar-refractivity contribution in [3.05, 3.63) is 41.1 Å². The Bertz CT molecular complexity index is 1150. The summed E-state index contributed by atoms with van der Waals surface area (Å²) in [5, 5.41) is 13.1. The molecule has 0 radical (unpaired) electrons. The molecular weight excluding hydrogens is 434 g/mol. The fourth-order valence-electron chi connectivity index (χ4n) is 4.49. The number of ether oxygens (including phenoxy) is 2. The lowest BCUT2D eigenvalue weighted by Gasteiger charge is -2.14. The minimum absolute atomic E-state index is 0.0889. The van der Waals surface area contributed by atoms with Gasteiger partial charge >= 0.3 is 5.97 Å². The van der Waals surface area contributed by atoms with Crippen LogP contribution in [0.15, 0.2) is 28.8 Å². The van der Waals surface area contributed by atoms with Crippen molar-refractivity contribution in [3.8, 4) is 34.5 Å². The fraction of sp³-hybridized carbons (Fsp3) is 0.462. The Hall–Kier alpha value is -3.42. The highest BCUT2D eigenvalue weighted by Gasteiger charge is 2.22. The molecule has 34 heavy (non-hydrogen) atoms. The number of carbonyl (C=O) groups is 1. The van der Waals surface area contributed by atoms with Gasteiger partial charge in [-0.25, -0.2) is 4.98 Å². The van der Waals surface area contributed by atoms with Crippen LogP contribution in [-0.4, -0.2) is 39.9 Å². The van der Waals surface area contributed by atoms with Crippen LogP contribution in [0.1, 0.15) is 68.2 Å². The zero-order chi connectivity index (χ0) is 24.1. The summed E-state index contributed by atoms with van der Waals surface area (Å²) in [5.41, 5.74) is 4.63. The van der Waals surface area contributed by atoms with Gasteiger partial charge in [-0.3, -0.25) is 4.79 Å². The van der Waals surface area contributed by atoms with E-state index in [0.717, 1.165) is 53.0 Å². The Kier molecular flexibility index (Phi) is 7.45. The molecule has 1 saturated carbocycles. The molecule has 1 N–H and O–H groups in total. The normalized spacial score (nSPS) is 13.9. The van der Waals surface area contributed by atoms with Gasteiger partial charge in [-0.05, 0) is 61.9 Å². The number of aromatic nitrogens is 3. The molecule has 0 amide bonds. The number of benzene rings is 1. The van der Waals surface area contributed by atoms with Crippen molar-refractivity contribution in [2.45, 2.75) is 64.7 Å². The highest BCUT2D eigenvalue weighted by Crippen LogP contribution is 2.36. The Morgan fingerprint density at radius 3 is 2.65 bits per heavy atom. The first-order chi connectivity index (χ1) is 16.5. The zero-order valence-electron chi connectivity index (χ0n) is 20.0. The van der Waals surface area contributed by atoms with E-state index in [1.165, 1.54) is 12.8 Å². The van der Waals surface area contributed by atoms with E-state index in [4.69, 9.17) is 19.1 Å². The van der Waals surface area contributed by atoms with Crippen molar-refractivity contribution in [1.82, 2.24) is 15.1 Å². The van der Waals surface area contributed by atoms with E-state index in [9.17, 15) is 4.79 Å². The van der Waals surface area contributed by atoms with Crippen LogP contribution in [-0.2, 0) is 11.2 Å². The van der Waals surface area contributed by atoms with Crippen LogP contribution in [0.5, 0.6) is 11.6 Å². The van der Waals surface area contributed by atoms with Crippen molar-refractivity contribution >= 4 is 5.97 Å². The van der Waals surface area contributed by atoms with Crippen LogP contribution in [0.3, 0.4) is 0 Å². The smallest absolute Gasteiger partial charge is 0.303 e. The SMILES string of the molecule is CCc1cc(-c2nc(-c3cc(OC)nc(C4CCCC4)c3)no2)cc(C)c1OCCCC(=O)O. The number of pyridine rings is 1. The number of aliphatic carboxylic acids is 1. The first-order valence-electron chi connectivity index (χ1n) is 11.9. The van der Waals surface area contributed by atoms with Gasteiger partial charge in [0.25, 0.3) is 5.89 Å². The first kappa shape index (κ1) is 23.7. The lowest BCUT2D eigenvalue weighted by molar-refractivity contribution is -0.137. The van der Waals surface area contributed by atoms with Crippen molar-refractivity contribution in [3.63, 3.8) is 0 Å². The van der Waals surface area contributed by atoms with Crippen LogP contribution in [0.25, 0.3) is 22.8 Å². The lowest BCUT2D eigenvalue weighted by atomic mass is 10.0. The number of rotatable bonds is 10. The van der Waals surface area contributed by atoms with E-state index in [-0.39, 0.29) is 6.42 Å². The van der Waals surface area contributed by atoms with Crippen molar-refractivity contribution in [2.24, 2.45) is 0 Å². The first-order valence-corrected chi connectivity index (χ1v) is 11.9. The quantitative estimate of drug-likeness (QED) is 0.387. The summed E-state index contributed by atoms with van der Waals surface area (Å²) in [6.07, 6.45) is 6.04. The number of hydrogen-bond donors (Lipinski definition) is 1. The second kappa shape index (κ2) is 10.7. The van der Waals surface area contributed by atoms with E-state index in [1.54, 1.807) is 7.11 Å². The van der Waals surface area contributed by atoms with Crippen LogP contribution < -0.4 is 9.47 Å². The third kappa shape index (κ3) is 5.38. The second-order valence-electron chi connectivity index (χ2n) is 8.71. The van der Waals surface area contributed by atoms with Gasteiger partial charge in [-0.15, -0.1) is 0 Å². The summed E-state index contributed by atoms with van der Waals surface area (Å²) in [6.45, 7) is 4.38. The summed E-state index contributed by atoms with van der Waals surface area (Å²) in [6, 6.07) is 7.84. The molecule has 0 saturated heterocycles. The van der Waals surface area contributed by atoms with E-state index in [2.05, 4.69) is 22.0 Å². The van der Waals surface area contributed by atoms with E-state index < -0.39 is 5.97 Å². The largest absolute Gasteiger partial charge is 0.493 e. The minimum atomic E-state index is -0.819.